The molecule has 0 saturated heterocycles. The van der Waals surface area contributed by atoms with Crippen molar-refractivity contribution in [3.8, 4) is 5.75 Å². The summed E-state index contributed by atoms with van der Waals surface area (Å²) in [5, 5.41) is 0. The van der Waals surface area contributed by atoms with E-state index in [-0.39, 0.29) is 12.0 Å². The molecule has 3 fully saturated rings. The maximum atomic E-state index is 13.9. The number of ether oxygens (including phenoxy) is 1. The predicted octanol–water partition coefficient (Wildman–Crippen LogP) is 3.93. The lowest BCUT2D eigenvalue weighted by Crippen LogP contribution is -2.44. The van der Waals surface area contributed by atoms with Gasteiger partial charge in [-0.1, -0.05) is 0 Å². The minimum atomic E-state index is -0.392. The van der Waals surface area contributed by atoms with Crippen LogP contribution in [0.5, 0.6) is 5.75 Å². The smallest absolute Gasteiger partial charge is 0.254 e. The Hall–Kier alpha value is -3.29. The first-order chi connectivity index (χ1) is 16.6. The van der Waals surface area contributed by atoms with Crippen LogP contribution in [-0.2, 0) is 6.42 Å². The fourth-order valence-corrected chi connectivity index (χ4v) is 4.06. The minimum absolute atomic E-state index is 0.0356. The molecule has 8 heteroatoms. The molecule has 1 unspecified atom stereocenters. The molecule has 8 nitrogen and oxygen atoms in total. The quantitative estimate of drug-likeness (QED) is 0.427. The summed E-state index contributed by atoms with van der Waals surface area (Å²) in [6.45, 7) is 2.59. The van der Waals surface area contributed by atoms with E-state index in [1.54, 1.807) is 18.5 Å². The van der Waals surface area contributed by atoms with Crippen LogP contribution in [-0.4, -0.2) is 51.6 Å². The second-order valence-corrected chi connectivity index (χ2v) is 9.70. The summed E-state index contributed by atoms with van der Waals surface area (Å²) in [7, 11) is 0. The van der Waals surface area contributed by atoms with Gasteiger partial charge in [0.1, 0.15) is 5.75 Å². The monoisotopic (exact) mass is 460 g/mol. The van der Waals surface area contributed by atoms with Gasteiger partial charge in [-0.15, -0.1) is 0 Å². The van der Waals surface area contributed by atoms with Crippen LogP contribution in [0.3, 0.4) is 0 Å². The van der Waals surface area contributed by atoms with Crippen molar-refractivity contribution < 1.29 is 9.53 Å². The average molecular weight is 461 g/mol. The molecule has 1 heterocycles. The van der Waals surface area contributed by atoms with Crippen LogP contribution in [0.15, 0.2) is 46.6 Å². The number of aliphatic imine (C=N–C) groups is 2. The topological polar surface area (TPSA) is 106 Å². The van der Waals surface area contributed by atoms with Crippen LogP contribution in [0, 0.1) is 11.8 Å². The van der Waals surface area contributed by atoms with Gasteiger partial charge in [-0.3, -0.25) is 4.79 Å². The fraction of sp³-hybridized carbons (Fsp3) is 0.500. The maximum absolute atomic E-state index is 13.9. The first-order valence-corrected chi connectivity index (χ1v) is 12.3. The van der Waals surface area contributed by atoms with Gasteiger partial charge in [-0.05, 0) is 93.5 Å². The highest BCUT2D eigenvalue weighted by Crippen LogP contribution is 2.36. The van der Waals surface area contributed by atoms with Crippen LogP contribution in [0.4, 0.5) is 5.95 Å². The van der Waals surface area contributed by atoms with Crippen molar-refractivity contribution in [1.29, 1.82) is 0 Å². The molecule has 34 heavy (non-hydrogen) atoms. The zero-order valence-electron chi connectivity index (χ0n) is 19.6. The summed E-state index contributed by atoms with van der Waals surface area (Å²) in [6.07, 6.45) is 12.7. The maximum Gasteiger partial charge on any atom is 0.254 e. The summed E-state index contributed by atoms with van der Waals surface area (Å²) in [5.41, 5.74) is 7.47. The minimum Gasteiger partial charge on any atom is -0.490 e. The molecule has 1 amide bonds. The van der Waals surface area contributed by atoms with Gasteiger partial charge in [0.15, 0.2) is 5.84 Å². The summed E-state index contributed by atoms with van der Waals surface area (Å²) in [6, 6.07) is 7.38. The van der Waals surface area contributed by atoms with Crippen molar-refractivity contribution in [1.82, 2.24) is 14.9 Å². The first kappa shape index (κ1) is 22.5. The lowest BCUT2D eigenvalue weighted by atomic mass is 10.0. The normalized spacial score (nSPS) is 19.3. The van der Waals surface area contributed by atoms with Gasteiger partial charge in [0.05, 0.1) is 18.5 Å². The second-order valence-electron chi connectivity index (χ2n) is 9.70. The average Bonchev–Trinajstić information content (AvgIpc) is 3.65. The Balaban J connectivity index is 1.44. The van der Waals surface area contributed by atoms with Gasteiger partial charge in [-0.25, -0.2) is 15.0 Å². The van der Waals surface area contributed by atoms with Crippen LogP contribution in [0.1, 0.15) is 61.4 Å². The number of amides is 1. The lowest BCUT2D eigenvalue weighted by Gasteiger charge is -2.29. The third-order valence-corrected chi connectivity index (χ3v) is 6.49. The van der Waals surface area contributed by atoms with E-state index in [0.29, 0.717) is 29.8 Å². The third-order valence-electron chi connectivity index (χ3n) is 6.49. The molecule has 0 radical (unpaired) electrons. The molecule has 1 atom stereocenters. The number of hydrogen-bond donors (Lipinski definition) is 1. The van der Waals surface area contributed by atoms with E-state index in [1.807, 2.05) is 24.0 Å². The molecule has 0 aliphatic heterocycles. The van der Waals surface area contributed by atoms with Gasteiger partial charge in [0, 0.05) is 24.5 Å². The number of carbonyl (C=O) groups is 1. The first-order valence-electron chi connectivity index (χ1n) is 12.3. The fourth-order valence-electron chi connectivity index (χ4n) is 4.06. The summed E-state index contributed by atoms with van der Waals surface area (Å²) in [4.78, 5) is 32.9. The van der Waals surface area contributed by atoms with E-state index >= 15 is 0 Å². The van der Waals surface area contributed by atoms with Gasteiger partial charge >= 0.3 is 0 Å². The highest BCUT2D eigenvalue weighted by Gasteiger charge is 2.33. The van der Waals surface area contributed by atoms with Gasteiger partial charge in [0.25, 0.3) is 11.9 Å². The van der Waals surface area contributed by atoms with Crippen molar-refractivity contribution in [2.24, 2.45) is 27.6 Å². The number of carbonyl (C=O) groups excluding carboxylic acids is 1. The van der Waals surface area contributed by atoms with Crippen LogP contribution >= 0.6 is 0 Å². The third kappa shape index (κ3) is 5.98. The van der Waals surface area contributed by atoms with Crippen molar-refractivity contribution >= 4 is 24.0 Å². The molecule has 5 rings (SSSR count). The van der Waals surface area contributed by atoms with E-state index in [0.717, 1.165) is 43.8 Å². The Morgan fingerprint density at radius 2 is 1.88 bits per heavy atom. The molecule has 3 aliphatic rings. The van der Waals surface area contributed by atoms with Crippen LogP contribution < -0.4 is 10.5 Å². The number of amidine groups is 1. The van der Waals surface area contributed by atoms with Crippen molar-refractivity contribution in [3.63, 3.8) is 0 Å². The molecule has 2 aromatic rings. The summed E-state index contributed by atoms with van der Waals surface area (Å²) in [5.74, 6) is 2.69. The number of rotatable bonds is 10. The molecule has 0 spiro atoms. The number of benzene rings is 1. The largest absolute Gasteiger partial charge is 0.490 e. The van der Waals surface area contributed by atoms with Gasteiger partial charge in [0.2, 0.25) is 0 Å². The molecule has 3 aliphatic carbocycles. The van der Waals surface area contributed by atoms with E-state index in [4.69, 9.17) is 10.5 Å². The summed E-state index contributed by atoms with van der Waals surface area (Å²) >= 11 is 0. The zero-order valence-corrected chi connectivity index (χ0v) is 19.6. The highest BCUT2D eigenvalue weighted by molar-refractivity contribution is 6.01. The number of aromatic nitrogens is 2. The molecular weight excluding hydrogens is 428 g/mol. The van der Waals surface area contributed by atoms with Crippen molar-refractivity contribution in [2.45, 2.75) is 64.0 Å². The Bertz CT molecular complexity index is 1040. The molecule has 178 valence electrons. The predicted molar refractivity (Wildman–Crippen MR) is 132 cm³/mol. The van der Waals surface area contributed by atoms with Crippen molar-refractivity contribution in [3.05, 3.63) is 47.8 Å². The molecule has 2 N–H and O–H groups in total. The Kier molecular flexibility index (Phi) is 6.56. The Labute approximate surface area is 200 Å². The Morgan fingerprint density at radius 3 is 2.53 bits per heavy atom. The van der Waals surface area contributed by atoms with E-state index < -0.39 is 6.04 Å². The number of nitrogens with two attached hydrogens (primary N) is 1. The van der Waals surface area contributed by atoms with Gasteiger partial charge in [-0.2, -0.15) is 4.99 Å². The molecule has 3 saturated carbocycles. The molecule has 0 bridgehead atoms. The van der Waals surface area contributed by atoms with E-state index in [2.05, 4.69) is 26.0 Å². The molecule has 1 aromatic carbocycles. The zero-order chi connectivity index (χ0) is 23.5. The SMILES string of the molecule is CC(/C(N=CN)=N\c1ncccn1)N(CC1CC1)C(=O)c1cc(CC2CC2)cc(OC2CC2)c1. The molecular formula is C26H32N6O2. The van der Waals surface area contributed by atoms with E-state index in [1.165, 1.54) is 24.7 Å². The summed E-state index contributed by atoms with van der Waals surface area (Å²) < 4.78 is 6.11. The standard InChI is InChI=1S/C26H32N6O2/c1-17(24(30-16-27)31-26-28-9-2-10-29-26)32(15-19-5-6-19)25(33)21-12-20(11-18-3-4-18)13-23(14-21)34-22-7-8-22/h2,9-10,12-14,16-19,22H,3-8,11,15H2,1H3,(H2,27,28,29,30,31). The van der Waals surface area contributed by atoms with E-state index in [9.17, 15) is 4.79 Å². The van der Waals surface area contributed by atoms with Crippen molar-refractivity contribution in [2.75, 3.05) is 6.54 Å². The number of nitrogens with zero attached hydrogens (tertiary/aromatic N) is 5. The highest BCUT2D eigenvalue weighted by atomic mass is 16.5. The Morgan fingerprint density at radius 1 is 1.15 bits per heavy atom. The van der Waals surface area contributed by atoms with Crippen LogP contribution in [0.2, 0.25) is 0 Å². The molecule has 1 aromatic heterocycles. The number of hydrogen-bond acceptors (Lipinski definition) is 5. The second kappa shape index (κ2) is 9.91. The lowest BCUT2D eigenvalue weighted by molar-refractivity contribution is 0.0725. The van der Waals surface area contributed by atoms with Gasteiger partial charge < -0.3 is 15.4 Å². The van der Waals surface area contributed by atoms with Crippen LogP contribution in [0.25, 0.3) is 0 Å².